The fourth-order valence-electron chi connectivity index (χ4n) is 6.88. The van der Waals surface area contributed by atoms with Crippen molar-refractivity contribution in [2.45, 2.75) is 63.4 Å². The maximum atomic E-state index is 14.6. The van der Waals surface area contributed by atoms with E-state index in [9.17, 15) is 30.8 Å². The Labute approximate surface area is 251 Å². The Morgan fingerprint density at radius 2 is 1.95 bits per heavy atom. The molecular weight excluding hydrogens is 599 g/mol. The van der Waals surface area contributed by atoms with Gasteiger partial charge in [0, 0.05) is 12.2 Å². The number of amidine groups is 1. The second kappa shape index (κ2) is 11.2. The molecule has 1 heterocycles. The van der Waals surface area contributed by atoms with Crippen molar-refractivity contribution in [1.82, 2.24) is 4.90 Å². The summed E-state index contributed by atoms with van der Waals surface area (Å²) < 4.78 is 75.6. The third-order valence-corrected chi connectivity index (χ3v) is 10.8. The summed E-state index contributed by atoms with van der Waals surface area (Å²) in [6.07, 6.45) is 2.91. The molecule has 0 saturated heterocycles. The number of ether oxygens (including phenoxy) is 1. The summed E-state index contributed by atoms with van der Waals surface area (Å²) in [4.78, 5) is 28.8. The minimum absolute atomic E-state index is 0.00220. The van der Waals surface area contributed by atoms with Gasteiger partial charge in [-0.2, -0.15) is 8.42 Å². The fraction of sp³-hybridized carbons (Fsp3) is 0.483. The summed E-state index contributed by atoms with van der Waals surface area (Å²) in [6.45, 7) is 5.44. The van der Waals surface area contributed by atoms with Gasteiger partial charge in [0.15, 0.2) is 0 Å². The van der Waals surface area contributed by atoms with E-state index >= 15 is 0 Å². The standard InChI is InChI=1S/C29H35FN4O7S2/c1-5-41-28(36)27-19-8-9-20(13-19)29(27,3)34(16-18-7-6-17(2)22(30)12-18)26(35)15-25-31-23-11-10-21(32-42(4,37)38)14-24(23)43(39,40)33-25/h6-7,10-12,14,19-20,27,32H,5,8-9,13,15-16H2,1-4H3,(H,31,33)/t19-,20+,27?,29-/m0/s1. The summed E-state index contributed by atoms with van der Waals surface area (Å²) >= 11 is 0. The number of carbonyl (C=O) groups is 2. The van der Waals surface area contributed by atoms with Crippen molar-refractivity contribution in [2.24, 2.45) is 22.2 Å². The average Bonchev–Trinajstić information content (AvgIpc) is 3.49. The third-order valence-electron chi connectivity index (χ3n) is 8.79. The Bertz CT molecular complexity index is 1730. The molecule has 3 aliphatic rings. The van der Waals surface area contributed by atoms with Gasteiger partial charge in [-0.3, -0.25) is 14.3 Å². The molecule has 0 radical (unpaired) electrons. The van der Waals surface area contributed by atoms with Crippen molar-refractivity contribution < 1.29 is 35.6 Å². The number of sulfonamides is 2. The van der Waals surface area contributed by atoms with Crippen LogP contribution in [-0.2, 0) is 40.9 Å². The third kappa shape index (κ3) is 5.99. The van der Waals surface area contributed by atoms with Crippen LogP contribution in [0, 0.1) is 30.5 Å². The first kappa shape index (κ1) is 30.9. The van der Waals surface area contributed by atoms with Gasteiger partial charge in [0.05, 0.1) is 36.4 Å². The molecule has 2 saturated carbocycles. The molecule has 1 amide bonds. The molecule has 14 heteroatoms. The normalized spacial score (nSPS) is 25.3. The van der Waals surface area contributed by atoms with Gasteiger partial charge in [-0.05, 0) is 87.3 Å². The zero-order valence-electron chi connectivity index (χ0n) is 24.4. The van der Waals surface area contributed by atoms with Crippen LogP contribution in [0.25, 0.3) is 0 Å². The van der Waals surface area contributed by atoms with Crippen LogP contribution in [-0.4, -0.2) is 57.8 Å². The summed E-state index contributed by atoms with van der Waals surface area (Å²) in [7, 11) is -7.94. The molecule has 2 bridgehead atoms. The lowest BCUT2D eigenvalue weighted by molar-refractivity contribution is -0.161. The Balaban J connectivity index is 1.49. The summed E-state index contributed by atoms with van der Waals surface area (Å²) in [5.74, 6) is -1.96. The second-order valence-electron chi connectivity index (χ2n) is 11.7. The number of rotatable bonds is 9. The van der Waals surface area contributed by atoms with E-state index in [0.29, 0.717) is 11.1 Å². The monoisotopic (exact) mass is 634 g/mol. The van der Waals surface area contributed by atoms with Crippen LogP contribution in [0.3, 0.4) is 0 Å². The van der Waals surface area contributed by atoms with Gasteiger partial charge in [-0.1, -0.05) is 12.1 Å². The zero-order chi connectivity index (χ0) is 31.3. The van der Waals surface area contributed by atoms with Crippen LogP contribution in [0.2, 0.25) is 0 Å². The second-order valence-corrected chi connectivity index (χ2v) is 15.0. The SMILES string of the molecule is CCOC(=O)C1[C@H]2CC[C@H](C2)[C@]1(C)N(Cc1ccc(C)c(F)c1)C(=O)CC1=NS(=O)(=O)c2cc(NS(C)(=O)=O)ccc2N1. The minimum Gasteiger partial charge on any atom is -0.466 e. The van der Waals surface area contributed by atoms with Gasteiger partial charge in [-0.25, -0.2) is 12.8 Å². The summed E-state index contributed by atoms with van der Waals surface area (Å²) in [5, 5.41) is 2.89. The van der Waals surface area contributed by atoms with Gasteiger partial charge in [-0.15, -0.1) is 4.40 Å². The number of halogens is 1. The van der Waals surface area contributed by atoms with Crippen LogP contribution in [0.4, 0.5) is 15.8 Å². The molecule has 1 unspecified atom stereocenters. The van der Waals surface area contributed by atoms with Crippen molar-refractivity contribution in [3.05, 3.63) is 53.3 Å². The number of aryl methyl sites for hydroxylation is 1. The number of anilines is 2. The number of fused-ring (bicyclic) bond motifs is 3. The van der Waals surface area contributed by atoms with Gasteiger partial charge in [0.1, 0.15) is 16.5 Å². The van der Waals surface area contributed by atoms with Crippen molar-refractivity contribution in [2.75, 3.05) is 22.9 Å². The van der Waals surface area contributed by atoms with E-state index < -0.39 is 49.6 Å². The fourth-order valence-corrected chi connectivity index (χ4v) is 8.61. The predicted octanol–water partition coefficient (Wildman–Crippen LogP) is 3.81. The molecule has 0 aromatic heterocycles. The highest BCUT2D eigenvalue weighted by atomic mass is 32.2. The van der Waals surface area contributed by atoms with Crippen LogP contribution in [0.15, 0.2) is 45.7 Å². The number of amides is 1. The molecule has 2 N–H and O–H groups in total. The molecule has 2 aliphatic carbocycles. The smallest absolute Gasteiger partial charge is 0.311 e. The lowest BCUT2D eigenvalue weighted by Crippen LogP contribution is -2.59. The Hall–Kier alpha value is -3.52. The van der Waals surface area contributed by atoms with E-state index in [1.54, 1.807) is 30.9 Å². The van der Waals surface area contributed by atoms with Gasteiger partial charge in [0.2, 0.25) is 15.9 Å². The first-order chi connectivity index (χ1) is 20.1. The molecule has 2 aromatic rings. The molecule has 232 valence electrons. The van der Waals surface area contributed by atoms with Crippen LogP contribution >= 0.6 is 0 Å². The number of nitrogens with zero attached hydrogens (tertiary/aromatic N) is 2. The Kier molecular flexibility index (Phi) is 8.05. The minimum atomic E-state index is -4.29. The van der Waals surface area contributed by atoms with Crippen molar-refractivity contribution in [1.29, 1.82) is 0 Å². The van der Waals surface area contributed by atoms with Gasteiger partial charge >= 0.3 is 5.97 Å². The topological polar surface area (TPSA) is 151 Å². The molecule has 4 atom stereocenters. The molecular formula is C29H35FN4O7S2. The maximum Gasteiger partial charge on any atom is 0.311 e. The first-order valence-electron chi connectivity index (χ1n) is 14.1. The Morgan fingerprint density at radius 3 is 2.63 bits per heavy atom. The molecule has 5 rings (SSSR count). The molecule has 43 heavy (non-hydrogen) atoms. The largest absolute Gasteiger partial charge is 0.466 e. The Morgan fingerprint density at radius 1 is 1.21 bits per heavy atom. The van der Waals surface area contributed by atoms with Crippen LogP contribution < -0.4 is 10.0 Å². The number of nitrogens with one attached hydrogen (secondary N) is 2. The lowest BCUT2D eigenvalue weighted by Gasteiger charge is -2.48. The number of esters is 1. The predicted molar refractivity (Wildman–Crippen MR) is 159 cm³/mol. The number of hydrogen-bond donors (Lipinski definition) is 2. The van der Waals surface area contributed by atoms with Crippen LogP contribution in [0.5, 0.6) is 0 Å². The molecule has 0 spiro atoms. The van der Waals surface area contributed by atoms with Crippen LogP contribution in [0.1, 0.15) is 50.7 Å². The van der Waals surface area contributed by atoms with Gasteiger partial charge < -0.3 is 15.0 Å². The highest BCUT2D eigenvalue weighted by Crippen LogP contribution is 2.58. The van der Waals surface area contributed by atoms with E-state index in [1.807, 2.05) is 6.92 Å². The molecule has 11 nitrogen and oxygen atoms in total. The van der Waals surface area contributed by atoms with Crippen molar-refractivity contribution in [3.8, 4) is 0 Å². The van der Waals surface area contributed by atoms with Gasteiger partial charge in [0.25, 0.3) is 10.0 Å². The van der Waals surface area contributed by atoms with Crippen molar-refractivity contribution in [3.63, 3.8) is 0 Å². The van der Waals surface area contributed by atoms with E-state index in [4.69, 9.17) is 4.74 Å². The quantitative estimate of drug-likeness (QED) is 0.396. The summed E-state index contributed by atoms with van der Waals surface area (Å²) in [5.41, 5.74) is 0.222. The average molecular weight is 635 g/mol. The highest BCUT2D eigenvalue weighted by Gasteiger charge is 2.62. The van der Waals surface area contributed by atoms with E-state index in [-0.39, 0.29) is 53.1 Å². The van der Waals surface area contributed by atoms with Crippen molar-refractivity contribution >= 4 is 49.1 Å². The lowest BCUT2D eigenvalue weighted by atomic mass is 9.72. The zero-order valence-corrected chi connectivity index (χ0v) is 26.0. The summed E-state index contributed by atoms with van der Waals surface area (Å²) in [6, 6.07) is 8.66. The van der Waals surface area contributed by atoms with E-state index in [2.05, 4.69) is 14.4 Å². The first-order valence-corrected chi connectivity index (χ1v) is 17.4. The maximum absolute atomic E-state index is 14.6. The van der Waals surface area contributed by atoms with E-state index in [0.717, 1.165) is 31.6 Å². The molecule has 2 aromatic carbocycles. The molecule has 1 aliphatic heterocycles. The number of benzene rings is 2. The highest BCUT2D eigenvalue weighted by molar-refractivity contribution is 7.92. The number of carbonyl (C=O) groups excluding carboxylic acids is 2. The number of hydrogen-bond acceptors (Lipinski definition) is 8. The van der Waals surface area contributed by atoms with E-state index in [1.165, 1.54) is 18.2 Å². The molecule has 2 fully saturated rings.